The molecular formula is C15H15BrFN. The molecule has 0 fully saturated rings. The van der Waals surface area contributed by atoms with Crippen LogP contribution in [0.15, 0.2) is 42.6 Å². The average Bonchev–Trinajstić information content (AvgIpc) is 2.37. The molecule has 94 valence electrons. The molecule has 0 bridgehead atoms. The van der Waals surface area contributed by atoms with Gasteiger partial charge in [0.25, 0.3) is 0 Å². The minimum atomic E-state index is -0.192. The van der Waals surface area contributed by atoms with E-state index in [1.54, 1.807) is 12.3 Å². The third kappa shape index (κ3) is 2.96. The number of alkyl halides is 1. The number of aryl methyl sites for hydroxylation is 1. The highest BCUT2D eigenvalue weighted by molar-refractivity contribution is 9.09. The fraction of sp³-hybridized carbons (Fsp3) is 0.267. The third-order valence-electron chi connectivity index (χ3n) is 2.98. The summed E-state index contributed by atoms with van der Waals surface area (Å²) >= 11 is 3.65. The minimum absolute atomic E-state index is 0.0572. The van der Waals surface area contributed by atoms with Gasteiger partial charge in [0.15, 0.2) is 0 Å². The molecule has 18 heavy (non-hydrogen) atoms. The highest BCUT2D eigenvalue weighted by Gasteiger charge is 2.19. The monoisotopic (exact) mass is 307 g/mol. The van der Waals surface area contributed by atoms with E-state index >= 15 is 0 Å². The van der Waals surface area contributed by atoms with E-state index in [4.69, 9.17) is 0 Å². The van der Waals surface area contributed by atoms with Crippen molar-refractivity contribution in [1.82, 2.24) is 4.98 Å². The number of aromatic nitrogens is 1. The van der Waals surface area contributed by atoms with E-state index in [2.05, 4.69) is 27.8 Å². The standard InChI is InChI=1S/C15H15BrFN/c1-10-7-12(9-13(17)8-10)15(16)11(2)14-5-3-4-6-18-14/h3-9,11,15H,1-2H3. The first kappa shape index (κ1) is 13.2. The molecular weight excluding hydrogens is 293 g/mol. The normalized spacial score (nSPS) is 14.2. The van der Waals surface area contributed by atoms with E-state index in [9.17, 15) is 4.39 Å². The van der Waals surface area contributed by atoms with Crippen molar-refractivity contribution in [1.29, 1.82) is 0 Å². The van der Waals surface area contributed by atoms with Crippen LogP contribution in [0, 0.1) is 12.7 Å². The molecule has 0 amide bonds. The summed E-state index contributed by atoms with van der Waals surface area (Å²) < 4.78 is 13.4. The van der Waals surface area contributed by atoms with Gasteiger partial charge in [-0.05, 0) is 42.3 Å². The molecule has 0 spiro atoms. The third-order valence-corrected chi connectivity index (χ3v) is 4.30. The maximum absolute atomic E-state index is 13.4. The molecule has 2 aromatic rings. The summed E-state index contributed by atoms with van der Waals surface area (Å²) in [5.74, 6) is -0.00456. The van der Waals surface area contributed by atoms with Crippen LogP contribution in [0.1, 0.15) is 34.5 Å². The second-order valence-corrected chi connectivity index (χ2v) is 5.49. The van der Waals surface area contributed by atoms with Crippen LogP contribution in [0.25, 0.3) is 0 Å². The van der Waals surface area contributed by atoms with E-state index in [1.165, 1.54) is 6.07 Å². The van der Waals surface area contributed by atoms with Gasteiger partial charge in [0.1, 0.15) is 5.82 Å². The molecule has 1 aromatic carbocycles. The fourth-order valence-electron chi connectivity index (χ4n) is 2.01. The molecule has 2 unspecified atom stereocenters. The Kier molecular flexibility index (Phi) is 4.12. The van der Waals surface area contributed by atoms with Crippen molar-refractivity contribution in [2.45, 2.75) is 24.6 Å². The first-order valence-electron chi connectivity index (χ1n) is 5.90. The zero-order chi connectivity index (χ0) is 13.1. The van der Waals surface area contributed by atoms with Crippen LogP contribution in [-0.4, -0.2) is 4.98 Å². The SMILES string of the molecule is Cc1cc(F)cc(C(Br)C(C)c2ccccn2)c1. The van der Waals surface area contributed by atoms with E-state index in [1.807, 2.05) is 31.2 Å². The molecule has 0 aliphatic carbocycles. The Labute approximate surface area is 115 Å². The predicted octanol–water partition coefficient (Wildman–Crippen LogP) is 4.77. The van der Waals surface area contributed by atoms with Gasteiger partial charge >= 0.3 is 0 Å². The molecule has 0 aliphatic rings. The van der Waals surface area contributed by atoms with Crippen LogP contribution >= 0.6 is 15.9 Å². The summed E-state index contributed by atoms with van der Waals surface area (Å²) in [5.41, 5.74) is 2.88. The average molecular weight is 308 g/mol. The number of pyridine rings is 1. The van der Waals surface area contributed by atoms with E-state index in [0.717, 1.165) is 16.8 Å². The summed E-state index contributed by atoms with van der Waals surface area (Å²) in [4.78, 5) is 4.40. The quantitative estimate of drug-likeness (QED) is 0.744. The lowest BCUT2D eigenvalue weighted by Gasteiger charge is -2.18. The van der Waals surface area contributed by atoms with Crippen LogP contribution in [0.2, 0.25) is 0 Å². The van der Waals surface area contributed by atoms with Gasteiger partial charge in [-0.1, -0.05) is 35.0 Å². The smallest absolute Gasteiger partial charge is 0.123 e. The number of hydrogen-bond acceptors (Lipinski definition) is 1. The maximum atomic E-state index is 13.4. The lowest BCUT2D eigenvalue weighted by atomic mass is 9.96. The van der Waals surface area contributed by atoms with Gasteiger partial charge < -0.3 is 0 Å². The molecule has 2 rings (SSSR count). The highest BCUT2D eigenvalue weighted by Crippen LogP contribution is 2.37. The first-order valence-corrected chi connectivity index (χ1v) is 6.81. The minimum Gasteiger partial charge on any atom is -0.261 e. The summed E-state index contributed by atoms with van der Waals surface area (Å²) in [6, 6.07) is 11.0. The van der Waals surface area contributed by atoms with Gasteiger partial charge in [-0.15, -0.1) is 0 Å². The van der Waals surface area contributed by atoms with Crippen LogP contribution < -0.4 is 0 Å². The Morgan fingerprint density at radius 1 is 1.22 bits per heavy atom. The summed E-state index contributed by atoms with van der Waals surface area (Å²) in [6.07, 6.45) is 1.78. The lowest BCUT2D eigenvalue weighted by Crippen LogP contribution is -2.04. The summed E-state index contributed by atoms with van der Waals surface area (Å²) in [5, 5.41) is 0. The van der Waals surface area contributed by atoms with Crippen LogP contribution in [0.4, 0.5) is 4.39 Å². The first-order chi connectivity index (χ1) is 8.58. The zero-order valence-corrected chi connectivity index (χ0v) is 12.0. The highest BCUT2D eigenvalue weighted by atomic mass is 79.9. The Morgan fingerprint density at radius 2 is 2.00 bits per heavy atom. The van der Waals surface area contributed by atoms with Crippen LogP contribution in [0.5, 0.6) is 0 Å². The zero-order valence-electron chi connectivity index (χ0n) is 10.4. The maximum Gasteiger partial charge on any atom is 0.123 e. The molecule has 1 nitrogen and oxygen atoms in total. The molecule has 0 N–H and O–H groups in total. The Hall–Kier alpha value is -1.22. The number of nitrogens with zero attached hydrogens (tertiary/aromatic N) is 1. The number of benzene rings is 1. The molecule has 3 heteroatoms. The van der Waals surface area contributed by atoms with Crippen LogP contribution in [-0.2, 0) is 0 Å². The van der Waals surface area contributed by atoms with Gasteiger partial charge in [-0.25, -0.2) is 4.39 Å². The lowest BCUT2D eigenvalue weighted by molar-refractivity contribution is 0.620. The van der Waals surface area contributed by atoms with Gasteiger partial charge in [-0.2, -0.15) is 0 Å². The Bertz CT molecular complexity index is 507. The predicted molar refractivity (Wildman–Crippen MR) is 75.5 cm³/mol. The van der Waals surface area contributed by atoms with E-state index in [-0.39, 0.29) is 16.6 Å². The van der Waals surface area contributed by atoms with E-state index in [0.29, 0.717) is 0 Å². The molecule has 1 aromatic heterocycles. The number of hydrogen-bond donors (Lipinski definition) is 0. The van der Waals surface area contributed by atoms with E-state index < -0.39 is 0 Å². The second kappa shape index (κ2) is 5.61. The molecule has 1 heterocycles. The molecule has 0 saturated heterocycles. The van der Waals surface area contributed by atoms with Crippen molar-refractivity contribution >= 4 is 15.9 Å². The van der Waals surface area contributed by atoms with Gasteiger partial charge in [-0.3, -0.25) is 4.98 Å². The number of rotatable bonds is 3. The fourth-order valence-corrected chi connectivity index (χ4v) is 2.54. The molecule has 2 atom stereocenters. The van der Waals surface area contributed by atoms with Gasteiger partial charge in [0, 0.05) is 22.6 Å². The Morgan fingerprint density at radius 3 is 2.61 bits per heavy atom. The molecule has 0 radical (unpaired) electrons. The van der Waals surface area contributed by atoms with Crippen molar-refractivity contribution in [2.75, 3.05) is 0 Å². The van der Waals surface area contributed by atoms with Crippen molar-refractivity contribution in [3.05, 3.63) is 65.2 Å². The molecule has 0 aliphatic heterocycles. The van der Waals surface area contributed by atoms with Gasteiger partial charge in [0.05, 0.1) is 0 Å². The van der Waals surface area contributed by atoms with Crippen molar-refractivity contribution < 1.29 is 4.39 Å². The molecule has 0 saturated carbocycles. The second-order valence-electron chi connectivity index (χ2n) is 4.51. The summed E-state index contributed by atoms with van der Waals surface area (Å²) in [7, 11) is 0. The van der Waals surface area contributed by atoms with Crippen molar-refractivity contribution in [3.63, 3.8) is 0 Å². The van der Waals surface area contributed by atoms with Crippen molar-refractivity contribution in [3.8, 4) is 0 Å². The van der Waals surface area contributed by atoms with Gasteiger partial charge in [0.2, 0.25) is 0 Å². The summed E-state index contributed by atoms with van der Waals surface area (Å²) in [6.45, 7) is 3.99. The van der Waals surface area contributed by atoms with Crippen LogP contribution in [0.3, 0.4) is 0 Å². The Balaban J connectivity index is 2.28. The largest absolute Gasteiger partial charge is 0.261 e. The topological polar surface area (TPSA) is 12.9 Å². The number of halogens is 2. The van der Waals surface area contributed by atoms with Crippen molar-refractivity contribution in [2.24, 2.45) is 0 Å².